The van der Waals surface area contributed by atoms with E-state index in [1.54, 1.807) is 44.5 Å². The van der Waals surface area contributed by atoms with E-state index in [2.05, 4.69) is 0 Å². The molecule has 0 aromatic heterocycles. The number of nitrogens with zero attached hydrogens (tertiary/aromatic N) is 1. The van der Waals surface area contributed by atoms with Gasteiger partial charge in [0.05, 0.1) is 12.9 Å². The third-order valence-corrected chi connectivity index (χ3v) is 4.99. The van der Waals surface area contributed by atoms with Crippen LogP contribution < -0.4 is 9.64 Å². The van der Waals surface area contributed by atoms with Crippen LogP contribution in [0.5, 0.6) is 5.75 Å². The number of carbonyl (C=O) groups excluding carboxylic acids is 3. The lowest BCUT2D eigenvalue weighted by Crippen LogP contribution is -2.31. The van der Waals surface area contributed by atoms with Crippen molar-refractivity contribution in [2.75, 3.05) is 31.4 Å². The third kappa shape index (κ3) is 6.13. The van der Waals surface area contributed by atoms with Crippen molar-refractivity contribution in [2.24, 2.45) is 0 Å². The summed E-state index contributed by atoms with van der Waals surface area (Å²) < 4.78 is 10.4. The first kappa shape index (κ1) is 21.5. The number of ether oxygens (including phenoxy) is 2. The highest BCUT2D eigenvalue weighted by atomic mass is 32.2. The number of likely N-dealkylation sites (N-methyl/N-ethyl adjacent to an activating group) is 1. The zero-order chi connectivity index (χ0) is 20.5. The second kappa shape index (κ2) is 10.5. The predicted octanol–water partition coefficient (Wildman–Crippen LogP) is 3.34. The maximum Gasteiger partial charge on any atom is 0.316 e. The lowest BCUT2D eigenvalue weighted by molar-refractivity contribution is -0.145. The molecule has 28 heavy (non-hydrogen) atoms. The number of hydrogen-bond acceptors (Lipinski definition) is 6. The minimum atomic E-state index is -0.471. The van der Waals surface area contributed by atoms with E-state index in [4.69, 9.17) is 9.47 Å². The van der Waals surface area contributed by atoms with Crippen LogP contribution in [-0.2, 0) is 20.1 Å². The SMILES string of the molecule is COc1ccc(C(C)=O)cc1CSCC(=O)OCC(=O)N(C)c1ccccc1. The molecule has 0 aliphatic rings. The second-order valence-corrected chi connectivity index (χ2v) is 7.01. The van der Waals surface area contributed by atoms with Crippen LogP contribution in [0.15, 0.2) is 48.5 Å². The molecule has 1 amide bonds. The Hall–Kier alpha value is -2.80. The van der Waals surface area contributed by atoms with Gasteiger partial charge in [-0.15, -0.1) is 11.8 Å². The number of carbonyl (C=O) groups is 3. The van der Waals surface area contributed by atoms with Crippen molar-refractivity contribution in [2.45, 2.75) is 12.7 Å². The number of amides is 1. The molecule has 2 aromatic carbocycles. The van der Waals surface area contributed by atoms with Crippen molar-refractivity contribution < 1.29 is 23.9 Å². The molecule has 0 N–H and O–H groups in total. The van der Waals surface area contributed by atoms with Gasteiger partial charge in [0.2, 0.25) is 0 Å². The van der Waals surface area contributed by atoms with E-state index in [-0.39, 0.29) is 24.1 Å². The van der Waals surface area contributed by atoms with Gasteiger partial charge in [-0.05, 0) is 37.3 Å². The molecule has 0 saturated carbocycles. The predicted molar refractivity (Wildman–Crippen MR) is 110 cm³/mol. The number of Topliss-reactive ketones (excluding diaryl/α,β-unsaturated/α-hetero) is 1. The van der Waals surface area contributed by atoms with Gasteiger partial charge in [0.25, 0.3) is 5.91 Å². The normalized spacial score (nSPS) is 10.2. The van der Waals surface area contributed by atoms with Gasteiger partial charge in [0.15, 0.2) is 12.4 Å². The fourth-order valence-corrected chi connectivity index (χ4v) is 3.23. The molecule has 0 bridgehead atoms. The Balaban J connectivity index is 1.81. The number of benzene rings is 2. The number of anilines is 1. The summed E-state index contributed by atoms with van der Waals surface area (Å²) in [6.07, 6.45) is 0. The monoisotopic (exact) mass is 401 g/mol. The van der Waals surface area contributed by atoms with Gasteiger partial charge in [-0.1, -0.05) is 18.2 Å². The lowest BCUT2D eigenvalue weighted by Gasteiger charge is -2.17. The van der Waals surface area contributed by atoms with Crippen LogP contribution in [-0.4, -0.2) is 44.2 Å². The number of rotatable bonds is 9. The number of thioether (sulfide) groups is 1. The third-order valence-electron chi connectivity index (χ3n) is 4.04. The molecule has 2 aromatic rings. The quantitative estimate of drug-likeness (QED) is 0.474. The van der Waals surface area contributed by atoms with Gasteiger partial charge in [-0.25, -0.2) is 0 Å². The van der Waals surface area contributed by atoms with Crippen LogP contribution >= 0.6 is 11.8 Å². The average molecular weight is 401 g/mol. The summed E-state index contributed by atoms with van der Waals surface area (Å²) in [5.74, 6) is 0.425. The van der Waals surface area contributed by atoms with E-state index >= 15 is 0 Å². The van der Waals surface area contributed by atoms with E-state index in [0.717, 1.165) is 11.3 Å². The summed E-state index contributed by atoms with van der Waals surface area (Å²) >= 11 is 1.33. The Bertz CT molecular complexity index is 838. The smallest absolute Gasteiger partial charge is 0.316 e. The molecule has 0 fully saturated rings. The van der Waals surface area contributed by atoms with E-state index in [1.807, 2.05) is 18.2 Å². The van der Waals surface area contributed by atoms with Gasteiger partial charge in [0.1, 0.15) is 5.75 Å². The summed E-state index contributed by atoms with van der Waals surface area (Å²) in [6, 6.07) is 14.3. The van der Waals surface area contributed by atoms with Crippen molar-refractivity contribution in [1.82, 2.24) is 0 Å². The van der Waals surface area contributed by atoms with Crippen LogP contribution in [0.3, 0.4) is 0 Å². The van der Waals surface area contributed by atoms with Crippen LogP contribution in [0.1, 0.15) is 22.8 Å². The largest absolute Gasteiger partial charge is 0.496 e. The minimum Gasteiger partial charge on any atom is -0.496 e. The fourth-order valence-electron chi connectivity index (χ4n) is 2.43. The van der Waals surface area contributed by atoms with Crippen LogP contribution in [0, 0.1) is 0 Å². The average Bonchev–Trinajstić information content (AvgIpc) is 2.71. The van der Waals surface area contributed by atoms with Crippen molar-refractivity contribution >= 4 is 35.1 Å². The number of hydrogen-bond donors (Lipinski definition) is 0. The highest BCUT2D eigenvalue weighted by Gasteiger charge is 2.14. The first-order valence-corrected chi connectivity index (χ1v) is 9.80. The Labute approximate surface area is 168 Å². The van der Waals surface area contributed by atoms with E-state index in [9.17, 15) is 14.4 Å². The number of methoxy groups -OCH3 is 1. The van der Waals surface area contributed by atoms with E-state index in [1.165, 1.54) is 23.6 Å². The molecule has 0 saturated heterocycles. The van der Waals surface area contributed by atoms with Crippen molar-refractivity contribution in [3.8, 4) is 5.75 Å². The maximum atomic E-state index is 12.1. The molecule has 0 aliphatic heterocycles. The number of ketones is 1. The van der Waals surface area contributed by atoms with Crippen molar-refractivity contribution in [3.63, 3.8) is 0 Å². The van der Waals surface area contributed by atoms with Crippen LogP contribution in [0.2, 0.25) is 0 Å². The Kier molecular flexibility index (Phi) is 8.07. The molecule has 2 rings (SSSR count). The molecule has 6 nitrogen and oxygen atoms in total. The second-order valence-electron chi connectivity index (χ2n) is 6.02. The molecule has 0 aliphatic carbocycles. The Morgan fingerprint density at radius 2 is 1.79 bits per heavy atom. The first-order chi connectivity index (χ1) is 13.4. The van der Waals surface area contributed by atoms with Crippen LogP contribution in [0.25, 0.3) is 0 Å². The van der Waals surface area contributed by atoms with Gasteiger partial charge in [-0.2, -0.15) is 0 Å². The zero-order valence-electron chi connectivity index (χ0n) is 16.1. The molecule has 0 radical (unpaired) electrons. The van der Waals surface area contributed by atoms with Gasteiger partial charge >= 0.3 is 5.97 Å². The Morgan fingerprint density at radius 3 is 2.43 bits per heavy atom. The standard InChI is InChI=1S/C21H23NO5S/c1-15(23)16-9-10-19(26-3)17(11-16)13-28-14-21(25)27-12-20(24)22(2)18-7-5-4-6-8-18/h4-11H,12-14H2,1-3H3. The number of para-hydroxylation sites is 1. The maximum absolute atomic E-state index is 12.1. The molecular formula is C21H23NO5S. The highest BCUT2D eigenvalue weighted by Crippen LogP contribution is 2.25. The topological polar surface area (TPSA) is 72.9 Å². The first-order valence-electron chi connectivity index (χ1n) is 8.65. The van der Waals surface area contributed by atoms with Gasteiger partial charge < -0.3 is 14.4 Å². The molecule has 0 heterocycles. The molecule has 0 atom stereocenters. The fraction of sp³-hybridized carbons (Fsp3) is 0.286. The van der Waals surface area contributed by atoms with Gasteiger partial charge in [-0.3, -0.25) is 14.4 Å². The molecule has 0 spiro atoms. The van der Waals surface area contributed by atoms with E-state index in [0.29, 0.717) is 17.1 Å². The summed E-state index contributed by atoms with van der Waals surface area (Å²) in [4.78, 5) is 37.0. The number of esters is 1. The Morgan fingerprint density at radius 1 is 1.07 bits per heavy atom. The van der Waals surface area contributed by atoms with Crippen molar-refractivity contribution in [1.29, 1.82) is 0 Å². The zero-order valence-corrected chi connectivity index (χ0v) is 17.0. The summed E-state index contributed by atoms with van der Waals surface area (Å²) in [6.45, 7) is 1.19. The summed E-state index contributed by atoms with van der Waals surface area (Å²) in [5, 5.41) is 0. The molecule has 148 valence electrons. The van der Waals surface area contributed by atoms with E-state index < -0.39 is 5.97 Å². The highest BCUT2D eigenvalue weighted by molar-refractivity contribution is 7.99. The van der Waals surface area contributed by atoms with Gasteiger partial charge in [0, 0.05) is 29.6 Å². The van der Waals surface area contributed by atoms with Crippen LogP contribution in [0.4, 0.5) is 5.69 Å². The molecule has 7 heteroatoms. The summed E-state index contributed by atoms with van der Waals surface area (Å²) in [7, 11) is 3.19. The molecule has 0 unspecified atom stereocenters. The van der Waals surface area contributed by atoms with Crippen molar-refractivity contribution in [3.05, 3.63) is 59.7 Å². The summed E-state index contributed by atoms with van der Waals surface area (Å²) in [5.41, 5.74) is 2.15. The minimum absolute atomic E-state index is 0.0330. The lowest BCUT2D eigenvalue weighted by atomic mass is 10.1. The molecular weight excluding hydrogens is 378 g/mol.